The molecular weight excluding hydrogens is 266 g/mol. The van der Waals surface area contributed by atoms with E-state index in [1.54, 1.807) is 0 Å². The summed E-state index contributed by atoms with van der Waals surface area (Å²) < 4.78 is 27.5. The van der Waals surface area contributed by atoms with Gasteiger partial charge in [-0.15, -0.1) is 0 Å². The molecule has 0 unspecified atom stereocenters. The van der Waals surface area contributed by atoms with Crippen molar-refractivity contribution >= 4 is 25.6 Å². The summed E-state index contributed by atoms with van der Waals surface area (Å²) in [5, 5.41) is 0. The maximum absolute atomic E-state index is 11.2. The predicted octanol–water partition coefficient (Wildman–Crippen LogP) is 1.50. The van der Waals surface area contributed by atoms with Crippen LogP contribution in [-0.2, 0) is 9.05 Å². The molecule has 17 heavy (non-hydrogen) atoms. The van der Waals surface area contributed by atoms with Crippen LogP contribution in [0.25, 0.3) is 0 Å². The molecule has 0 aliphatic rings. The van der Waals surface area contributed by atoms with Crippen molar-refractivity contribution < 1.29 is 17.9 Å². The van der Waals surface area contributed by atoms with Gasteiger partial charge in [0.2, 0.25) is 0 Å². The molecule has 0 spiro atoms. The lowest BCUT2D eigenvalue weighted by atomic mass is 10.2. The van der Waals surface area contributed by atoms with E-state index in [0.717, 1.165) is 12.5 Å². The van der Waals surface area contributed by atoms with Crippen LogP contribution in [0.3, 0.4) is 0 Å². The summed E-state index contributed by atoms with van der Waals surface area (Å²) in [4.78, 5) is 11.0. The SMILES string of the molecule is CCCOc1ccc(S(=O)(=O)Cl)cc1C(N)=O. The number of primary amides is 1. The number of carbonyl (C=O) groups is 1. The number of carbonyl (C=O) groups excluding carboxylic acids is 1. The number of ether oxygens (including phenoxy) is 1. The van der Waals surface area contributed by atoms with Crippen LogP contribution in [-0.4, -0.2) is 20.9 Å². The van der Waals surface area contributed by atoms with Gasteiger partial charge in [0.1, 0.15) is 5.75 Å². The quantitative estimate of drug-likeness (QED) is 0.826. The third kappa shape index (κ3) is 3.61. The zero-order valence-electron chi connectivity index (χ0n) is 9.14. The first-order valence-corrected chi connectivity index (χ1v) is 7.18. The smallest absolute Gasteiger partial charge is 0.261 e. The number of hydrogen-bond donors (Lipinski definition) is 1. The van der Waals surface area contributed by atoms with E-state index >= 15 is 0 Å². The summed E-state index contributed by atoms with van der Waals surface area (Å²) in [6.07, 6.45) is 0.758. The van der Waals surface area contributed by atoms with Crippen LogP contribution in [0.4, 0.5) is 0 Å². The van der Waals surface area contributed by atoms with Gasteiger partial charge in [0, 0.05) is 10.7 Å². The van der Waals surface area contributed by atoms with Gasteiger partial charge in [-0.05, 0) is 24.6 Å². The number of halogens is 1. The van der Waals surface area contributed by atoms with Crippen LogP contribution < -0.4 is 10.5 Å². The summed E-state index contributed by atoms with van der Waals surface area (Å²) in [5.41, 5.74) is 5.14. The van der Waals surface area contributed by atoms with Crippen LogP contribution >= 0.6 is 10.7 Å². The lowest BCUT2D eigenvalue weighted by Crippen LogP contribution is -2.14. The first-order chi connectivity index (χ1) is 7.86. The van der Waals surface area contributed by atoms with E-state index in [-0.39, 0.29) is 16.2 Å². The summed E-state index contributed by atoms with van der Waals surface area (Å²) in [6.45, 7) is 2.31. The topological polar surface area (TPSA) is 86.5 Å². The molecule has 5 nitrogen and oxygen atoms in total. The van der Waals surface area contributed by atoms with Crippen LogP contribution in [0, 0.1) is 0 Å². The molecule has 2 N–H and O–H groups in total. The molecule has 0 aliphatic carbocycles. The van der Waals surface area contributed by atoms with Crippen molar-refractivity contribution in [3.8, 4) is 5.75 Å². The highest BCUT2D eigenvalue weighted by Gasteiger charge is 2.16. The molecule has 1 aromatic carbocycles. The Morgan fingerprint density at radius 1 is 1.47 bits per heavy atom. The standard InChI is InChI=1S/C10H12ClNO4S/c1-2-5-16-9-4-3-7(17(11,14)15)6-8(9)10(12)13/h3-4,6H,2,5H2,1H3,(H2,12,13). The summed E-state index contributed by atoms with van der Waals surface area (Å²) in [5.74, 6) is -0.512. The van der Waals surface area contributed by atoms with Crippen molar-refractivity contribution in [2.75, 3.05) is 6.61 Å². The van der Waals surface area contributed by atoms with Crippen molar-refractivity contribution in [2.45, 2.75) is 18.2 Å². The van der Waals surface area contributed by atoms with Crippen LogP contribution in [0.5, 0.6) is 5.75 Å². The van der Waals surface area contributed by atoms with Crippen LogP contribution in [0.2, 0.25) is 0 Å². The second kappa shape index (κ2) is 5.37. The average molecular weight is 278 g/mol. The molecule has 0 saturated carbocycles. The third-order valence-electron chi connectivity index (χ3n) is 1.96. The Balaban J connectivity index is 3.22. The van der Waals surface area contributed by atoms with E-state index in [1.165, 1.54) is 12.1 Å². The lowest BCUT2D eigenvalue weighted by molar-refractivity contribution is 0.0996. The first-order valence-electron chi connectivity index (χ1n) is 4.87. The van der Waals surface area contributed by atoms with Gasteiger partial charge < -0.3 is 10.5 Å². The van der Waals surface area contributed by atoms with Gasteiger partial charge >= 0.3 is 0 Å². The molecule has 1 rings (SSSR count). The normalized spacial score (nSPS) is 11.2. The Morgan fingerprint density at radius 2 is 2.12 bits per heavy atom. The van der Waals surface area contributed by atoms with Crippen molar-refractivity contribution in [2.24, 2.45) is 5.73 Å². The van der Waals surface area contributed by atoms with Crippen molar-refractivity contribution in [3.63, 3.8) is 0 Å². The van der Waals surface area contributed by atoms with E-state index in [1.807, 2.05) is 6.92 Å². The van der Waals surface area contributed by atoms with Gasteiger partial charge in [0.05, 0.1) is 17.1 Å². The zero-order chi connectivity index (χ0) is 13.1. The molecule has 1 amide bonds. The van der Waals surface area contributed by atoms with Crippen LogP contribution in [0.1, 0.15) is 23.7 Å². The fourth-order valence-corrected chi connectivity index (χ4v) is 1.97. The fraction of sp³-hybridized carbons (Fsp3) is 0.300. The van der Waals surface area contributed by atoms with E-state index in [0.29, 0.717) is 6.61 Å². The minimum Gasteiger partial charge on any atom is -0.493 e. The molecule has 0 atom stereocenters. The van der Waals surface area contributed by atoms with E-state index in [2.05, 4.69) is 0 Å². The molecule has 1 aromatic rings. The van der Waals surface area contributed by atoms with E-state index in [9.17, 15) is 13.2 Å². The Hall–Kier alpha value is -1.27. The maximum atomic E-state index is 11.2. The summed E-state index contributed by atoms with van der Waals surface area (Å²) >= 11 is 0. The number of amides is 1. The van der Waals surface area contributed by atoms with Gasteiger partial charge in [0.25, 0.3) is 15.0 Å². The van der Waals surface area contributed by atoms with E-state index in [4.69, 9.17) is 21.2 Å². The number of rotatable bonds is 5. The molecule has 0 saturated heterocycles. The van der Waals surface area contributed by atoms with E-state index < -0.39 is 15.0 Å². The van der Waals surface area contributed by atoms with Crippen molar-refractivity contribution in [1.82, 2.24) is 0 Å². The molecular formula is C10H12ClNO4S. The highest BCUT2D eigenvalue weighted by atomic mass is 35.7. The number of hydrogen-bond acceptors (Lipinski definition) is 4. The lowest BCUT2D eigenvalue weighted by Gasteiger charge is -2.09. The number of benzene rings is 1. The first kappa shape index (κ1) is 13.8. The van der Waals surface area contributed by atoms with Crippen LogP contribution in [0.15, 0.2) is 23.1 Å². The van der Waals surface area contributed by atoms with Crippen molar-refractivity contribution in [3.05, 3.63) is 23.8 Å². The second-order valence-corrected chi connectivity index (χ2v) is 5.87. The molecule has 0 radical (unpaired) electrons. The molecule has 0 aliphatic heterocycles. The van der Waals surface area contributed by atoms with Gasteiger partial charge in [0.15, 0.2) is 0 Å². The monoisotopic (exact) mass is 277 g/mol. The minimum absolute atomic E-state index is 0.000162. The van der Waals surface area contributed by atoms with Gasteiger partial charge in [-0.1, -0.05) is 6.92 Å². The molecule has 0 fully saturated rings. The van der Waals surface area contributed by atoms with Gasteiger partial charge in [-0.3, -0.25) is 4.79 Å². The molecule has 0 heterocycles. The number of nitrogens with two attached hydrogens (primary N) is 1. The molecule has 7 heteroatoms. The highest BCUT2D eigenvalue weighted by molar-refractivity contribution is 8.13. The Labute approximate surface area is 104 Å². The maximum Gasteiger partial charge on any atom is 0.261 e. The minimum atomic E-state index is -3.89. The zero-order valence-corrected chi connectivity index (χ0v) is 10.7. The van der Waals surface area contributed by atoms with Crippen molar-refractivity contribution in [1.29, 1.82) is 0 Å². The third-order valence-corrected chi connectivity index (χ3v) is 3.31. The highest BCUT2D eigenvalue weighted by Crippen LogP contribution is 2.24. The molecule has 0 aromatic heterocycles. The predicted molar refractivity (Wildman–Crippen MR) is 63.8 cm³/mol. The fourth-order valence-electron chi connectivity index (χ4n) is 1.19. The Morgan fingerprint density at radius 3 is 2.59 bits per heavy atom. The Kier molecular flexibility index (Phi) is 4.36. The van der Waals surface area contributed by atoms with Gasteiger partial charge in [-0.2, -0.15) is 0 Å². The average Bonchev–Trinajstić information content (AvgIpc) is 2.24. The molecule has 94 valence electrons. The summed E-state index contributed by atoms with van der Waals surface area (Å²) in [6, 6.07) is 3.74. The largest absolute Gasteiger partial charge is 0.493 e. The van der Waals surface area contributed by atoms with Gasteiger partial charge in [-0.25, -0.2) is 8.42 Å². The summed E-state index contributed by atoms with van der Waals surface area (Å²) in [7, 11) is 1.28. The second-order valence-electron chi connectivity index (χ2n) is 3.31. The molecule has 0 bridgehead atoms. The Bertz CT molecular complexity index is 527.